The first-order valence-electron chi connectivity index (χ1n) is 9.72. The summed E-state index contributed by atoms with van der Waals surface area (Å²) in [5.41, 5.74) is 3.33. The Bertz CT molecular complexity index is 936. The highest BCUT2D eigenvalue weighted by Gasteiger charge is 2.21. The fourth-order valence-corrected chi connectivity index (χ4v) is 2.97. The normalized spacial score (nSPS) is 12.2. The summed E-state index contributed by atoms with van der Waals surface area (Å²) in [6.07, 6.45) is 2.63. The molecule has 0 aliphatic carbocycles. The minimum atomic E-state index is -1.03. The highest BCUT2D eigenvalue weighted by Crippen LogP contribution is 2.20. The van der Waals surface area contributed by atoms with Gasteiger partial charge in [0.2, 0.25) is 0 Å². The van der Waals surface area contributed by atoms with Gasteiger partial charge in [-0.25, -0.2) is 4.79 Å². The van der Waals surface area contributed by atoms with Crippen molar-refractivity contribution < 1.29 is 14.3 Å². The van der Waals surface area contributed by atoms with Gasteiger partial charge in [0.15, 0.2) is 6.10 Å². The van der Waals surface area contributed by atoms with Crippen LogP contribution in [-0.4, -0.2) is 22.5 Å². The lowest BCUT2D eigenvalue weighted by Gasteiger charge is -2.13. The van der Waals surface area contributed by atoms with Gasteiger partial charge in [0, 0.05) is 23.6 Å². The standard InChI is InChI=1S/C23H27N3O3/c1-5-6-12-26-16(2)13-19(17(26)3)14-20(15-24)23(28)29-18(4)22(27)25-21-10-8-7-9-11-21/h7-11,13-14,18H,5-6,12H2,1-4H3,(H,25,27)/b20-14+/t18-/m0/s1. The van der Waals surface area contributed by atoms with Crippen LogP contribution in [0.15, 0.2) is 42.0 Å². The number of amides is 1. The minimum absolute atomic E-state index is 0.139. The van der Waals surface area contributed by atoms with Crippen molar-refractivity contribution >= 4 is 23.6 Å². The van der Waals surface area contributed by atoms with Crippen molar-refractivity contribution in [3.8, 4) is 6.07 Å². The molecular weight excluding hydrogens is 366 g/mol. The second-order valence-electron chi connectivity index (χ2n) is 6.90. The molecule has 2 aromatic rings. The third-order valence-corrected chi connectivity index (χ3v) is 4.68. The first-order chi connectivity index (χ1) is 13.9. The lowest BCUT2D eigenvalue weighted by atomic mass is 10.1. The molecule has 0 bridgehead atoms. The van der Waals surface area contributed by atoms with E-state index in [0.29, 0.717) is 5.69 Å². The number of hydrogen-bond acceptors (Lipinski definition) is 4. The summed E-state index contributed by atoms with van der Waals surface area (Å²) in [6.45, 7) is 8.46. The van der Waals surface area contributed by atoms with Crippen LogP contribution in [0.3, 0.4) is 0 Å². The Morgan fingerprint density at radius 2 is 1.97 bits per heavy atom. The van der Waals surface area contributed by atoms with Gasteiger partial charge in [-0.3, -0.25) is 4.79 Å². The van der Waals surface area contributed by atoms with Gasteiger partial charge in [-0.1, -0.05) is 31.5 Å². The van der Waals surface area contributed by atoms with Gasteiger partial charge in [0.05, 0.1) is 0 Å². The lowest BCUT2D eigenvalue weighted by molar-refractivity contribution is -0.148. The number of carbonyl (C=O) groups is 2. The van der Waals surface area contributed by atoms with E-state index >= 15 is 0 Å². The van der Waals surface area contributed by atoms with Crippen molar-refractivity contribution in [1.82, 2.24) is 4.57 Å². The molecule has 152 valence electrons. The highest BCUT2D eigenvalue weighted by molar-refractivity contribution is 6.01. The number of nitrogens with one attached hydrogen (secondary N) is 1. The van der Waals surface area contributed by atoms with Gasteiger partial charge in [0.1, 0.15) is 11.6 Å². The molecule has 0 aliphatic heterocycles. The first-order valence-corrected chi connectivity index (χ1v) is 9.72. The first kappa shape index (κ1) is 22.0. The number of benzene rings is 1. The van der Waals surface area contributed by atoms with Gasteiger partial charge in [0.25, 0.3) is 5.91 Å². The molecular formula is C23H27N3O3. The monoisotopic (exact) mass is 393 g/mol. The number of nitriles is 1. The largest absolute Gasteiger partial charge is 0.448 e. The molecule has 0 radical (unpaired) electrons. The summed E-state index contributed by atoms with van der Waals surface area (Å²) in [5.74, 6) is -1.28. The summed E-state index contributed by atoms with van der Waals surface area (Å²) in [6, 6.07) is 12.7. The maximum atomic E-state index is 12.4. The van der Waals surface area contributed by atoms with Crippen LogP contribution in [0.5, 0.6) is 0 Å². The Labute approximate surface area is 171 Å². The zero-order valence-corrected chi connectivity index (χ0v) is 17.4. The van der Waals surface area contributed by atoms with Gasteiger partial charge in [-0.15, -0.1) is 0 Å². The number of aromatic nitrogens is 1. The molecule has 0 saturated carbocycles. The zero-order valence-electron chi connectivity index (χ0n) is 17.4. The summed E-state index contributed by atoms with van der Waals surface area (Å²) < 4.78 is 7.38. The van der Waals surface area contributed by atoms with Crippen LogP contribution >= 0.6 is 0 Å². The van der Waals surface area contributed by atoms with Crippen LogP contribution < -0.4 is 5.32 Å². The minimum Gasteiger partial charge on any atom is -0.448 e. The van der Waals surface area contributed by atoms with E-state index in [0.717, 1.165) is 36.3 Å². The van der Waals surface area contributed by atoms with Crippen LogP contribution in [0.1, 0.15) is 43.6 Å². The molecule has 1 atom stereocenters. The molecule has 0 spiro atoms. The van der Waals surface area contributed by atoms with Crippen molar-refractivity contribution in [2.45, 2.75) is 53.2 Å². The molecule has 6 nitrogen and oxygen atoms in total. The molecule has 0 saturated heterocycles. The lowest BCUT2D eigenvalue weighted by Crippen LogP contribution is -2.30. The summed E-state index contributed by atoms with van der Waals surface area (Å²) >= 11 is 0. The quantitative estimate of drug-likeness (QED) is 0.410. The molecule has 1 N–H and O–H groups in total. The van der Waals surface area contributed by atoms with Crippen molar-refractivity contribution in [1.29, 1.82) is 5.26 Å². The SMILES string of the molecule is CCCCn1c(C)cc(/C=C(\C#N)C(=O)O[C@@H](C)C(=O)Nc2ccccc2)c1C. The van der Waals surface area contributed by atoms with Crippen LogP contribution in [0, 0.1) is 25.2 Å². The van der Waals surface area contributed by atoms with Crippen LogP contribution in [0.2, 0.25) is 0 Å². The zero-order chi connectivity index (χ0) is 21.4. The molecule has 6 heteroatoms. The number of aryl methyl sites for hydroxylation is 1. The van der Waals surface area contributed by atoms with E-state index in [1.54, 1.807) is 24.3 Å². The smallest absolute Gasteiger partial charge is 0.349 e. The summed E-state index contributed by atoms with van der Waals surface area (Å²) in [5, 5.41) is 12.1. The number of esters is 1. The van der Waals surface area contributed by atoms with Gasteiger partial charge >= 0.3 is 5.97 Å². The van der Waals surface area contributed by atoms with E-state index < -0.39 is 18.0 Å². The van der Waals surface area contributed by atoms with E-state index in [4.69, 9.17) is 4.74 Å². The van der Waals surface area contributed by atoms with E-state index in [9.17, 15) is 14.9 Å². The van der Waals surface area contributed by atoms with Gasteiger partial charge < -0.3 is 14.6 Å². The Balaban J connectivity index is 2.10. The van der Waals surface area contributed by atoms with Crippen molar-refractivity contribution in [2.24, 2.45) is 0 Å². The fourth-order valence-electron chi connectivity index (χ4n) is 2.97. The second kappa shape index (κ2) is 10.3. The van der Waals surface area contributed by atoms with Crippen LogP contribution in [-0.2, 0) is 20.9 Å². The van der Waals surface area contributed by atoms with E-state index in [1.807, 2.05) is 32.0 Å². The number of carbonyl (C=O) groups excluding carboxylic acids is 2. The van der Waals surface area contributed by atoms with Crippen molar-refractivity contribution in [2.75, 3.05) is 5.32 Å². The molecule has 2 rings (SSSR count). The summed E-state index contributed by atoms with van der Waals surface area (Å²) in [7, 11) is 0. The second-order valence-corrected chi connectivity index (χ2v) is 6.90. The van der Waals surface area contributed by atoms with Gasteiger partial charge in [-0.2, -0.15) is 5.26 Å². The summed E-state index contributed by atoms with van der Waals surface area (Å²) in [4.78, 5) is 24.6. The topological polar surface area (TPSA) is 84.1 Å². The highest BCUT2D eigenvalue weighted by atomic mass is 16.5. The third-order valence-electron chi connectivity index (χ3n) is 4.68. The third kappa shape index (κ3) is 5.82. The molecule has 0 fully saturated rings. The maximum absolute atomic E-state index is 12.4. The number of anilines is 1. The number of hydrogen-bond donors (Lipinski definition) is 1. The Kier molecular flexibility index (Phi) is 7.79. The Hall–Kier alpha value is -3.33. The number of para-hydroxylation sites is 1. The Morgan fingerprint density at radius 1 is 1.28 bits per heavy atom. The predicted molar refractivity (Wildman–Crippen MR) is 113 cm³/mol. The average molecular weight is 393 g/mol. The number of ether oxygens (including phenoxy) is 1. The molecule has 1 aromatic carbocycles. The van der Waals surface area contributed by atoms with E-state index in [-0.39, 0.29) is 5.57 Å². The number of nitrogens with zero attached hydrogens (tertiary/aromatic N) is 2. The van der Waals surface area contributed by atoms with E-state index in [1.165, 1.54) is 13.0 Å². The molecule has 0 unspecified atom stereocenters. The average Bonchev–Trinajstić information content (AvgIpc) is 2.97. The molecule has 1 amide bonds. The molecule has 1 aromatic heterocycles. The van der Waals surface area contributed by atoms with Crippen molar-refractivity contribution in [3.05, 3.63) is 58.9 Å². The molecule has 1 heterocycles. The van der Waals surface area contributed by atoms with E-state index in [2.05, 4.69) is 16.8 Å². The molecule has 0 aliphatic rings. The predicted octanol–water partition coefficient (Wildman–Crippen LogP) is 4.38. The molecule has 29 heavy (non-hydrogen) atoms. The fraction of sp³-hybridized carbons (Fsp3) is 0.348. The number of rotatable bonds is 8. The van der Waals surface area contributed by atoms with Crippen LogP contribution in [0.4, 0.5) is 5.69 Å². The van der Waals surface area contributed by atoms with Crippen molar-refractivity contribution in [3.63, 3.8) is 0 Å². The maximum Gasteiger partial charge on any atom is 0.349 e. The van der Waals surface area contributed by atoms with Crippen LogP contribution in [0.25, 0.3) is 6.08 Å². The number of unbranched alkanes of at least 4 members (excludes halogenated alkanes) is 1. The van der Waals surface area contributed by atoms with Gasteiger partial charge in [-0.05, 0) is 57.0 Å². The Morgan fingerprint density at radius 3 is 2.59 bits per heavy atom.